The minimum atomic E-state index is -0.320. The molecule has 2 aromatic rings. The molecule has 1 amide bonds. The van der Waals surface area contributed by atoms with E-state index in [4.69, 9.17) is 4.84 Å². The van der Waals surface area contributed by atoms with Gasteiger partial charge in [0.15, 0.2) is 5.69 Å². The van der Waals surface area contributed by atoms with E-state index in [1.54, 1.807) is 6.07 Å². The molecule has 2 N–H and O–H groups in total. The maximum absolute atomic E-state index is 11.8. The molecule has 0 spiro atoms. The Morgan fingerprint density at radius 3 is 2.89 bits per heavy atom. The Balaban J connectivity index is 1.50. The highest BCUT2D eigenvalue weighted by Gasteiger charge is 2.26. The van der Waals surface area contributed by atoms with Crippen molar-refractivity contribution in [2.45, 2.75) is 25.4 Å². The minimum absolute atomic E-state index is 0.320. The summed E-state index contributed by atoms with van der Waals surface area (Å²) in [5.41, 5.74) is 4.81. The summed E-state index contributed by atoms with van der Waals surface area (Å²) in [5, 5.41) is 6.88. The zero-order valence-corrected chi connectivity index (χ0v) is 10.4. The van der Waals surface area contributed by atoms with Gasteiger partial charge >= 0.3 is 0 Å². The molecule has 0 saturated heterocycles. The summed E-state index contributed by atoms with van der Waals surface area (Å²) in [5.74, 6) is 0.235. The number of hydrogen-bond donors (Lipinski definition) is 2. The molecule has 1 aliphatic carbocycles. The van der Waals surface area contributed by atoms with E-state index in [9.17, 15) is 4.79 Å². The number of rotatable bonds is 5. The molecule has 0 bridgehead atoms. The lowest BCUT2D eigenvalue weighted by Crippen LogP contribution is -2.23. The van der Waals surface area contributed by atoms with Crippen molar-refractivity contribution in [3.63, 3.8) is 0 Å². The first-order valence-corrected chi connectivity index (χ1v) is 6.34. The van der Waals surface area contributed by atoms with Crippen LogP contribution in [0.3, 0.4) is 0 Å². The predicted molar refractivity (Wildman–Crippen MR) is 69.3 cm³/mol. The highest BCUT2D eigenvalue weighted by Crippen LogP contribution is 2.38. The van der Waals surface area contributed by atoms with Gasteiger partial charge in [0.1, 0.15) is 0 Å². The summed E-state index contributed by atoms with van der Waals surface area (Å²) in [4.78, 5) is 16.9. The summed E-state index contributed by atoms with van der Waals surface area (Å²) in [6, 6.07) is 11.5. The fourth-order valence-electron chi connectivity index (χ4n) is 1.87. The molecular weight excluding hydrogens is 242 g/mol. The largest absolute Gasteiger partial charge is 0.295 e. The van der Waals surface area contributed by atoms with Gasteiger partial charge in [0.2, 0.25) is 0 Å². The molecule has 5 heteroatoms. The number of aromatic amines is 1. The van der Waals surface area contributed by atoms with Gasteiger partial charge in [-0.15, -0.1) is 0 Å². The van der Waals surface area contributed by atoms with Gasteiger partial charge in [0.25, 0.3) is 5.91 Å². The summed E-state index contributed by atoms with van der Waals surface area (Å²) < 4.78 is 0. The second-order valence-corrected chi connectivity index (χ2v) is 4.69. The molecule has 1 aromatic carbocycles. The fraction of sp³-hybridized carbons (Fsp3) is 0.286. The Morgan fingerprint density at radius 2 is 2.16 bits per heavy atom. The molecule has 1 aliphatic rings. The van der Waals surface area contributed by atoms with Crippen LogP contribution < -0.4 is 5.48 Å². The van der Waals surface area contributed by atoms with Crippen molar-refractivity contribution >= 4 is 5.91 Å². The van der Waals surface area contributed by atoms with E-state index < -0.39 is 0 Å². The lowest BCUT2D eigenvalue weighted by molar-refractivity contribution is 0.0229. The van der Waals surface area contributed by atoms with Crippen LogP contribution in [0.5, 0.6) is 0 Å². The second-order valence-electron chi connectivity index (χ2n) is 4.69. The Labute approximate surface area is 110 Å². The van der Waals surface area contributed by atoms with Crippen molar-refractivity contribution in [1.82, 2.24) is 15.7 Å². The normalized spacial score (nSPS) is 14.3. The van der Waals surface area contributed by atoms with Crippen LogP contribution in [0.1, 0.15) is 40.5 Å². The van der Waals surface area contributed by atoms with Crippen molar-refractivity contribution < 1.29 is 9.63 Å². The smallest absolute Gasteiger partial charge is 0.281 e. The molecule has 1 fully saturated rings. The Morgan fingerprint density at radius 1 is 1.37 bits per heavy atom. The fourth-order valence-corrected chi connectivity index (χ4v) is 1.87. The number of hydroxylamine groups is 1. The van der Waals surface area contributed by atoms with Crippen LogP contribution in [0.2, 0.25) is 0 Å². The van der Waals surface area contributed by atoms with E-state index in [0.29, 0.717) is 18.2 Å². The predicted octanol–water partition coefficient (Wildman–Crippen LogP) is 2.15. The molecule has 0 atom stereocenters. The Kier molecular flexibility index (Phi) is 3.29. The Bertz CT molecular complexity index is 561. The monoisotopic (exact) mass is 257 g/mol. The van der Waals surface area contributed by atoms with E-state index in [1.807, 2.05) is 30.3 Å². The zero-order valence-electron chi connectivity index (χ0n) is 10.4. The molecule has 3 rings (SSSR count). The number of H-pyrrole nitrogens is 1. The number of nitrogens with zero attached hydrogens (tertiary/aromatic N) is 1. The van der Waals surface area contributed by atoms with Gasteiger partial charge in [-0.3, -0.25) is 14.7 Å². The summed E-state index contributed by atoms with van der Waals surface area (Å²) in [6.45, 7) is 0.340. The van der Waals surface area contributed by atoms with Crippen LogP contribution in [0.4, 0.5) is 0 Å². The molecule has 98 valence electrons. The van der Waals surface area contributed by atoms with Crippen LogP contribution in [-0.4, -0.2) is 16.1 Å². The van der Waals surface area contributed by atoms with Gasteiger partial charge in [-0.05, 0) is 24.5 Å². The number of nitrogens with one attached hydrogen (secondary N) is 2. The molecular formula is C14H15N3O2. The van der Waals surface area contributed by atoms with Crippen LogP contribution in [0.15, 0.2) is 36.4 Å². The van der Waals surface area contributed by atoms with Crippen molar-refractivity contribution in [3.8, 4) is 0 Å². The van der Waals surface area contributed by atoms with E-state index in [2.05, 4.69) is 15.7 Å². The minimum Gasteiger partial charge on any atom is -0.281 e. The first kappa shape index (κ1) is 11.9. The lowest BCUT2D eigenvalue weighted by atomic mass is 10.2. The van der Waals surface area contributed by atoms with Gasteiger partial charge in [-0.2, -0.15) is 5.10 Å². The number of benzene rings is 1. The maximum atomic E-state index is 11.8. The third-order valence-corrected chi connectivity index (χ3v) is 3.09. The van der Waals surface area contributed by atoms with E-state index >= 15 is 0 Å². The maximum Gasteiger partial charge on any atom is 0.295 e. The standard InChI is InChI=1S/C14H15N3O2/c18-14(13-8-12(15-16-13)11-6-7-11)17-19-9-10-4-2-1-3-5-10/h1-5,8,11H,6-7,9H2,(H,15,16)(H,17,18). The van der Waals surface area contributed by atoms with Gasteiger partial charge in [0, 0.05) is 11.6 Å². The highest BCUT2D eigenvalue weighted by molar-refractivity contribution is 5.91. The molecule has 1 aromatic heterocycles. The van der Waals surface area contributed by atoms with E-state index in [1.165, 1.54) is 12.8 Å². The number of amides is 1. The molecule has 0 aliphatic heterocycles. The SMILES string of the molecule is O=C(NOCc1ccccc1)c1cc(C2CC2)[nH]n1. The van der Waals surface area contributed by atoms with Gasteiger partial charge in [-0.25, -0.2) is 5.48 Å². The summed E-state index contributed by atoms with van der Waals surface area (Å²) >= 11 is 0. The van der Waals surface area contributed by atoms with Gasteiger partial charge in [-0.1, -0.05) is 30.3 Å². The van der Waals surface area contributed by atoms with Crippen molar-refractivity contribution in [1.29, 1.82) is 0 Å². The lowest BCUT2D eigenvalue weighted by Gasteiger charge is -2.03. The van der Waals surface area contributed by atoms with Crippen LogP contribution >= 0.6 is 0 Å². The van der Waals surface area contributed by atoms with Crippen LogP contribution in [-0.2, 0) is 11.4 Å². The molecule has 1 saturated carbocycles. The third kappa shape index (κ3) is 3.00. The van der Waals surface area contributed by atoms with Crippen molar-refractivity contribution in [2.75, 3.05) is 0 Å². The molecule has 1 heterocycles. The third-order valence-electron chi connectivity index (χ3n) is 3.09. The average molecular weight is 257 g/mol. The summed E-state index contributed by atoms with van der Waals surface area (Å²) in [7, 11) is 0. The van der Waals surface area contributed by atoms with Crippen molar-refractivity contribution in [2.24, 2.45) is 0 Å². The molecule has 5 nitrogen and oxygen atoms in total. The molecule has 19 heavy (non-hydrogen) atoms. The van der Waals surface area contributed by atoms with Crippen molar-refractivity contribution in [3.05, 3.63) is 53.3 Å². The van der Waals surface area contributed by atoms with Gasteiger partial charge < -0.3 is 0 Å². The number of carbonyl (C=O) groups is 1. The van der Waals surface area contributed by atoms with E-state index in [-0.39, 0.29) is 5.91 Å². The number of hydrogen-bond acceptors (Lipinski definition) is 3. The van der Waals surface area contributed by atoms with Gasteiger partial charge in [0.05, 0.1) is 6.61 Å². The van der Waals surface area contributed by atoms with Crippen LogP contribution in [0, 0.1) is 0 Å². The topological polar surface area (TPSA) is 67.0 Å². The molecule has 0 radical (unpaired) electrons. The highest BCUT2D eigenvalue weighted by atomic mass is 16.6. The first-order chi connectivity index (χ1) is 9.33. The quantitative estimate of drug-likeness (QED) is 0.806. The summed E-state index contributed by atoms with van der Waals surface area (Å²) in [6.07, 6.45) is 2.35. The Hall–Kier alpha value is -2.14. The van der Waals surface area contributed by atoms with Crippen LogP contribution in [0.25, 0.3) is 0 Å². The number of carbonyl (C=O) groups excluding carboxylic acids is 1. The number of aromatic nitrogens is 2. The molecule has 0 unspecified atom stereocenters. The van der Waals surface area contributed by atoms with E-state index in [0.717, 1.165) is 11.3 Å². The second kappa shape index (κ2) is 5.24. The average Bonchev–Trinajstić information content (AvgIpc) is 3.17. The first-order valence-electron chi connectivity index (χ1n) is 6.34. The zero-order chi connectivity index (χ0) is 13.1.